The highest BCUT2D eigenvalue weighted by Gasteiger charge is 2.28. The largest absolute Gasteiger partial charge is 0.467 e. The first-order valence-electron chi connectivity index (χ1n) is 5.28. The quantitative estimate of drug-likeness (QED) is 0.836. The van der Waals surface area contributed by atoms with Gasteiger partial charge < -0.3 is 15.1 Å². The maximum absolute atomic E-state index is 11.7. The van der Waals surface area contributed by atoms with E-state index in [2.05, 4.69) is 10.6 Å². The molecular weight excluding hydrogens is 228 g/mol. The molecule has 0 aliphatic carbocycles. The molecule has 1 saturated heterocycles. The van der Waals surface area contributed by atoms with Gasteiger partial charge in [-0.2, -0.15) is 0 Å². The lowest BCUT2D eigenvalue weighted by molar-refractivity contribution is -0.126. The molecule has 0 aromatic carbocycles. The summed E-state index contributed by atoms with van der Waals surface area (Å²) in [5, 5.41) is 6.04. The van der Waals surface area contributed by atoms with Gasteiger partial charge in [0.2, 0.25) is 5.91 Å². The average molecular weight is 245 g/mol. The Labute approximate surface area is 101 Å². The van der Waals surface area contributed by atoms with Gasteiger partial charge in [-0.05, 0) is 31.1 Å². The fraction of sp³-hybridized carbons (Fsp3) is 0.545. The van der Waals surface area contributed by atoms with E-state index in [1.54, 1.807) is 6.26 Å². The van der Waals surface area contributed by atoms with Gasteiger partial charge in [0.1, 0.15) is 5.76 Å². The Morgan fingerprint density at radius 2 is 2.44 bits per heavy atom. The second-order valence-electron chi connectivity index (χ2n) is 4.00. The molecule has 0 saturated carbocycles. The number of furan rings is 1. The van der Waals surface area contributed by atoms with Gasteiger partial charge in [-0.1, -0.05) is 6.92 Å². The van der Waals surface area contributed by atoms with Gasteiger partial charge in [-0.3, -0.25) is 4.79 Å². The van der Waals surface area contributed by atoms with E-state index in [0.29, 0.717) is 12.5 Å². The zero-order valence-electron chi connectivity index (χ0n) is 9.23. The number of hydrogen-bond donors (Lipinski definition) is 2. The Hall–Kier alpha value is -1.00. The average Bonchev–Trinajstić information content (AvgIpc) is 2.63. The minimum atomic E-state index is 0. The van der Waals surface area contributed by atoms with Gasteiger partial charge >= 0.3 is 0 Å². The van der Waals surface area contributed by atoms with E-state index in [4.69, 9.17) is 4.42 Å². The van der Waals surface area contributed by atoms with Crippen molar-refractivity contribution in [3.63, 3.8) is 0 Å². The SMILES string of the molecule is CC(C(=O)NCc1ccco1)C1CNC1.Cl. The van der Waals surface area contributed by atoms with Crippen LogP contribution in [0.4, 0.5) is 0 Å². The van der Waals surface area contributed by atoms with Crippen LogP contribution in [0.5, 0.6) is 0 Å². The van der Waals surface area contributed by atoms with Crippen molar-refractivity contribution >= 4 is 18.3 Å². The summed E-state index contributed by atoms with van der Waals surface area (Å²) in [4.78, 5) is 11.7. The first kappa shape index (κ1) is 13.1. The Morgan fingerprint density at radius 3 is 2.94 bits per heavy atom. The molecular formula is C11H17ClN2O2. The highest BCUT2D eigenvalue weighted by atomic mass is 35.5. The molecule has 1 aromatic heterocycles. The Kier molecular flexibility index (Phi) is 4.83. The topological polar surface area (TPSA) is 54.3 Å². The zero-order valence-corrected chi connectivity index (χ0v) is 10.0. The van der Waals surface area contributed by atoms with Crippen LogP contribution in [0.1, 0.15) is 12.7 Å². The van der Waals surface area contributed by atoms with Crippen LogP contribution in [0.2, 0.25) is 0 Å². The molecule has 90 valence electrons. The zero-order chi connectivity index (χ0) is 10.7. The molecule has 1 fully saturated rings. The van der Waals surface area contributed by atoms with Gasteiger partial charge in [0.05, 0.1) is 12.8 Å². The lowest BCUT2D eigenvalue weighted by Gasteiger charge is -2.31. The van der Waals surface area contributed by atoms with Crippen molar-refractivity contribution in [2.45, 2.75) is 13.5 Å². The Bertz CT molecular complexity index is 323. The van der Waals surface area contributed by atoms with Crippen LogP contribution in [-0.4, -0.2) is 19.0 Å². The summed E-state index contributed by atoms with van der Waals surface area (Å²) in [6.45, 7) is 4.37. The monoisotopic (exact) mass is 244 g/mol. The minimum Gasteiger partial charge on any atom is -0.467 e. The summed E-state index contributed by atoms with van der Waals surface area (Å²) < 4.78 is 5.14. The number of nitrogens with one attached hydrogen (secondary N) is 2. The van der Waals surface area contributed by atoms with Gasteiger partial charge in [0.25, 0.3) is 0 Å². The van der Waals surface area contributed by atoms with Crippen molar-refractivity contribution in [1.29, 1.82) is 0 Å². The lowest BCUT2D eigenvalue weighted by Crippen LogP contribution is -2.49. The van der Waals surface area contributed by atoms with Crippen LogP contribution in [0.15, 0.2) is 22.8 Å². The third-order valence-electron chi connectivity index (χ3n) is 2.95. The smallest absolute Gasteiger partial charge is 0.223 e. The van der Waals surface area contributed by atoms with Crippen LogP contribution >= 0.6 is 12.4 Å². The standard InChI is InChI=1S/C11H16N2O2.ClH/c1-8(9-5-12-6-9)11(14)13-7-10-3-2-4-15-10;/h2-4,8-9,12H,5-7H2,1H3,(H,13,14);1H. The summed E-state index contributed by atoms with van der Waals surface area (Å²) >= 11 is 0. The van der Waals surface area contributed by atoms with E-state index in [9.17, 15) is 4.79 Å². The molecule has 1 aliphatic rings. The Balaban J connectivity index is 0.00000128. The number of amides is 1. The third kappa shape index (κ3) is 3.00. The van der Waals surface area contributed by atoms with E-state index >= 15 is 0 Å². The van der Waals surface area contributed by atoms with Crippen molar-refractivity contribution in [1.82, 2.24) is 10.6 Å². The molecule has 2 heterocycles. The fourth-order valence-electron chi connectivity index (χ4n) is 1.63. The van der Waals surface area contributed by atoms with E-state index < -0.39 is 0 Å². The van der Waals surface area contributed by atoms with Crippen LogP contribution in [0, 0.1) is 11.8 Å². The number of hydrogen-bond acceptors (Lipinski definition) is 3. The minimum absolute atomic E-state index is 0. The maximum atomic E-state index is 11.7. The first-order valence-corrected chi connectivity index (χ1v) is 5.28. The number of carbonyl (C=O) groups is 1. The molecule has 0 radical (unpaired) electrons. The summed E-state index contributed by atoms with van der Waals surface area (Å²) in [6.07, 6.45) is 1.61. The lowest BCUT2D eigenvalue weighted by atomic mass is 9.88. The van der Waals surface area contributed by atoms with Crippen molar-refractivity contribution in [3.05, 3.63) is 24.2 Å². The van der Waals surface area contributed by atoms with E-state index in [0.717, 1.165) is 18.8 Å². The summed E-state index contributed by atoms with van der Waals surface area (Å²) in [7, 11) is 0. The number of rotatable bonds is 4. The van der Waals surface area contributed by atoms with E-state index in [1.165, 1.54) is 0 Å². The molecule has 1 aromatic rings. The Morgan fingerprint density at radius 1 is 1.69 bits per heavy atom. The van der Waals surface area contributed by atoms with Gasteiger partial charge in [0, 0.05) is 5.92 Å². The molecule has 0 bridgehead atoms. The summed E-state index contributed by atoms with van der Waals surface area (Å²) in [5.74, 6) is 1.47. The fourth-order valence-corrected chi connectivity index (χ4v) is 1.63. The molecule has 4 nitrogen and oxygen atoms in total. The molecule has 2 N–H and O–H groups in total. The van der Waals surface area contributed by atoms with Crippen LogP contribution in [-0.2, 0) is 11.3 Å². The molecule has 1 amide bonds. The molecule has 1 unspecified atom stereocenters. The second-order valence-corrected chi connectivity index (χ2v) is 4.00. The second kappa shape index (κ2) is 5.92. The molecule has 1 atom stereocenters. The van der Waals surface area contributed by atoms with Crippen molar-refractivity contribution in [2.24, 2.45) is 11.8 Å². The van der Waals surface area contributed by atoms with E-state index in [1.807, 2.05) is 19.1 Å². The summed E-state index contributed by atoms with van der Waals surface area (Å²) in [6, 6.07) is 3.68. The van der Waals surface area contributed by atoms with Gasteiger partial charge in [0.15, 0.2) is 0 Å². The van der Waals surface area contributed by atoms with Gasteiger partial charge in [-0.15, -0.1) is 12.4 Å². The third-order valence-corrected chi connectivity index (χ3v) is 2.95. The molecule has 5 heteroatoms. The number of carbonyl (C=O) groups excluding carboxylic acids is 1. The van der Waals surface area contributed by atoms with Crippen LogP contribution < -0.4 is 10.6 Å². The van der Waals surface area contributed by atoms with E-state index in [-0.39, 0.29) is 24.2 Å². The highest BCUT2D eigenvalue weighted by Crippen LogP contribution is 2.15. The normalized spacial score (nSPS) is 17.1. The summed E-state index contributed by atoms with van der Waals surface area (Å²) in [5.41, 5.74) is 0. The van der Waals surface area contributed by atoms with Crippen LogP contribution in [0.3, 0.4) is 0 Å². The predicted octanol–water partition coefficient (Wildman–Crippen LogP) is 1.17. The molecule has 2 rings (SSSR count). The first-order chi connectivity index (χ1) is 7.27. The van der Waals surface area contributed by atoms with Crippen molar-refractivity contribution in [3.8, 4) is 0 Å². The predicted molar refractivity (Wildman–Crippen MR) is 63.3 cm³/mol. The molecule has 16 heavy (non-hydrogen) atoms. The van der Waals surface area contributed by atoms with Crippen LogP contribution in [0.25, 0.3) is 0 Å². The van der Waals surface area contributed by atoms with Crippen molar-refractivity contribution in [2.75, 3.05) is 13.1 Å². The van der Waals surface area contributed by atoms with Gasteiger partial charge in [-0.25, -0.2) is 0 Å². The maximum Gasteiger partial charge on any atom is 0.223 e. The molecule has 0 spiro atoms. The van der Waals surface area contributed by atoms with Crippen molar-refractivity contribution < 1.29 is 9.21 Å². The highest BCUT2D eigenvalue weighted by molar-refractivity contribution is 5.85. The number of halogens is 1. The molecule has 1 aliphatic heterocycles.